The van der Waals surface area contributed by atoms with Crippen LogP contribution in [-0.4, -0.2) is 132 Å². The van der Waals surface area contributed by atoms with Crippen LogP contribution in [0.2, 0.25) is 0 Å². The number of aliphatic hydroxyl groups excluding tert-OH is 1. The molecule has 316 valence electrons. The maximum absolute atomic E-state index is 13.7. The van der Waals surface area contributed by atoms with E-state index in [1.807, 2.05) is 13.8 Å². The molecule has 5 N–H and O–H groups in total. The van der Waals surface area contributed by atoms with Crippen molar-refractivity contribution in [2.75, 3.05) is 13.1 Å². The number of esters is 4. The van der Waals surface area contributed by atoms with Gasteiger partial charge < -0.3 is 49.2 Å². The molecule has 0 unspecified atom stereocenters. The van der Waals surface area contributed by atoms with Gasteiger partial charge in [0.05, 0.1) is 29.1 Å². The Morgan fingerprint density at radius 1 is 0.982 bits per heavy atom. The van der Waals surface area contributed by atoms with Crippen LogP contribution in [0.25, 0.3) is 0 Å². The molecule has 3 heterocycles. The lowest BCUT2D eigenvalue weighted by Gasteiger charge is -2.64. The summed E-state index contributed by atoms with van der Waals surface area (Å²) in [5.74, 6) is -9.57. The first-order valence-corrected chi connectivity index (χ1v) is 20.7. The van der Waals surface area contributed by atoms with Crippen LogP contribution >= 0.6 is 0 Å². The van der Waals surface area contributed by atoms with E-state index in [0.717, 1.165) is 20.3 Å². The van der Waals surface area contributed by atoms with Gasteiger partial charge in [0.25, 0.3) is 0 Å². The summed E-state index contributed by atoms with van der Waals surface area (Å²) in [5, 5.41) is 62.8. The number of hydrogen-bond acceptors (Lipinski definition) is 15. The first-order valence-electron chi connectivity index (χ1n) is 20.7. The summed E-state index contributed by atoms with van der Waals surface area (Å²) in [6, 6.07) is -0.275. The maximum atomic E-state index is 13.7. The van der Waals surface area contributed by atoms with E-state index in [-0.39, 0.29) is 25.3 Å². The molecular formula is C41H63NO14. The van der Waals surface area contributed by atoms with E-state index < -0.39 is 124 Å². The van der Waals surface area contributed by atoms with Gasteiger partial charge in [0.15, 0.2) is 17.8 Å². The van der Waals surface area contributed by atoms with Crippen molar-refractivity contribution in [3.63, 3.8) is 0 Å². The third kappa shape index (κ3) is 5.67. The smallest absolute Gasteiger partial charge is 0.342 e. The summed E-state index contributed by atoms with van der Waals surface area (Å²) < 4.78 is 30.3. The number of aliphatic hydroxyl groups is 5. The van der Waals surface area contributed by atoms with Crippen LogP contribution in [0.15, 0.2) is 0 Å². The highest BCUT2D eigenvalue weighted by molar-refractivity contribution is 5.80. The van der Waals surface area contributed by atoms with E-state index >= 15 is 0 Å². The predicted octanol–water partition coefficient (Wildman–Crippen LogP) is 1.61. The Hall–Kier alpha value is -2.40. The van der Waals surface area contributed by atoms with Crippen molar-refractivity contribution in [1.82, 2.24) is 4.90 Å². The number of fused-ring (bicyclic) bond motifs is 5. The summed E-state index contributed by atoms with van der Waals surface area (Å²) in [7, 11) is 0. The van der Waals surface area contributed by atoms with Crippen LogP contribution in [0, 0.1) is 46.8 Å². The van der Waals surface area contributed by atoms with Crippen LogP contribution in [0.3, 0.4) is 0 Å². The van der Waals surface area contributed by atoms with Gasteiger partial charge in [-0.1, -0.05) is 27.7 Å². The molecule has 4 aliphatic carbocycles. The summed E-state index contributed by atoms with van der Waals surface area (Å²) >= 11 is 0. The van der Waals surface area contributed by atoms with Gasteiger partial charge in [0.1, 0.15) is 17.8 Å². The first kappa shape index (κ1) is 41.7. The molecule has 7 rings (SSSR count). The topological polar surface area (TPSA) is 219 Å². The molecule has 0 aromatic rings. The second-order valence-electron chi connectivity index (χ2n) is 19.3. The normalized spacial score (nSPS) is 49.8. The van der Waals surface area contributed by atoms with Gasteiger partial charge >= 0.3 is 23.9 Å². The Kier molecular flexibility index (Phi) is 10.1. The van der Waals surface area contributed by atoms with Crippen molar-refractivity contribution in [2.45, 2.75) is 172 Å². The SMILES string of the molecule is CC[C@H](C)C(=O)O[C@H]1[C@H](O)[C@H]2[C@@H](CN3C[C@@H](C)CC[C@H]3[C@@]2(C)O)[C@@H]2C[C@]34O[C@@]5(O)[C@@H](OC(=O)[C@@](C)(O)[C@@H](C)OC(C)=O)CC[C@@]3(C)[C@@H]5C[C@@H](OC(C)=O)[C@H]4[C@@]21O. The van der Waals surface area contributed by atoms with Crippen LogP contribution in [0.4, 0.5) is 0 Å². The van der Waals surface area contributed by atoms with Crippen molar-refractivity contribution < 1.29 is 68.4 Å². The fourth-order valence-electron chi connectivity index (χ4n) is 13.1. The van der Waals surface area contributed by atoms with E-state index in [1.54, 1.807) is 13.8 Å². The summed E-state index contributed by atoms with van der Waals surface area (Å²) in [4.78, 5) is 54.2. The van der Waals surface area contributed by atoms with Crippen molar-refractivity contribution in [3.05, 3.63) is 0 Å². The van der Waals surface area contributed by atoms with Crippen LogP contribution in [0.5, 0.6) is 0 Å². The number of rotatable bonds is 8. The molecule has 19 atom stereocenters. The van der Waals surface area contributed by atoms with Crippen molar-refractivity contribution in [1.29, 1.82) is 0 Å². The molecule has 3 aliphatic heterocycles. The van der Waals surface area contributed by atoms with Crippen molar-refractivity contribution in [3.8, 4) is 0 Å². The van der Waals surface area contributed by atoms with Gasteiger partial charge in [-0.3, -0.25) is 19.3 Å². The van der Waals surface area contributed by atoms with Crippen molar-refractivity contribution in [2.24, 2.45) is 46.8 Å². The Morgan fingerprint density at radius 2 is 1.66 bits per heavy atom. The molecule has 56 heavy (non-hydrogen) atoms. The second kappa shape index (κ2) is 13.6. The lowest BCUT2D eigenvalue weighted by Crippen LogP contribution is -2.77. The molecule has 4 bridgehead atoms. The summed E-state index contributed by atoms with van der Waals surface area (Å²) in [5.41, 5.74) is -8.17. The molecule has 0 aromatic carbocycles. The number of ether oxygens (including phenoxy) is 5. The highest BCUT2D eigenvalue weighted by atomic mass is 16.7. The number of carbonyl (C=O) groups excluding carboxylic acids is 4. The fourth-order valence-corrected chi connectivity index (χ4v) is 13.1. The number of carbonyl (C=O) groups is 4. The third-order valence-corrected chi connectivity index (χ3v) is 16.1. The second-order valence-corrected chi connectivity index (χ2v) is 19.3. The molecule has 4 saturated carbocycles. The minimum atomic E-state index is -2.28. The third-order valence-electron chi connectivity index (χ3n) is 16.1. The van der Waals surface area contributed by atoms with Gasteiger partial charge in [0.2, 0.25) is 5.79 Å². The molecule has 7 fully saturated rings. The zero-order valence-corrected chi connectivity index (χ0v) is 34.2. The monoisotopic (exact) mass is 793 g/mol. The average Bonchev–Trinajstić information content (AvgIpc) is 3.37. The summed E-state index contributed by atoms with van der Waals surface area (Å²) in [6.45, 7) is 15.4. The summed E-state index contributed by atoms with van der Waals surface area (Å²) in [6.07, 6.45) is -4.21. The zero-order valence-electron chi connectivity index (χ0n) is 34.2. The van der Waals surface area contributed by atoms with Gasteiger partial charge in [-0.25, -0.2) is 4.79 Å². The zero-order chi connectivity index (χ0) is 41.3. The minimum absolute atomic E-state index is 0.0258. The van der Waals surface area contributed by atoms with Gasteiger partial charge in [-0.15, -0.1) is 0 Å². The molecule has 0 radical (unpaired) electrons. The van der Waals surface area contributed by atoms with Crippen LogP contribution in [0.1, 0.15) is 107 Å². The Bertz CT molecular complexity index is 1620. The standard InChI is InChI=1S/C41H63NO14/c1-10-20(3)34(46)55-33-31(45)30-24(18-42-17-19(2)11-12-28(42)38(30,9)49)25-16-39-32(40(25,33)50)26(53-23(6)44)15-27-36(39,7)14-13-29(41(27,51)56-39)54-35(47)37(8,48)21(4)52-22(5)43/h19-21,24-33,45,48-51H,10-18H2,1-9H3/t19-,20-,21+,24-,25-,26+,27-,28-,29-,30+,31+,32+,33-,36-,37-,38+,39+,40-,41+/m0/s1. The molecule has 0 amide bonds. The van der Waals surface area contributed by atoms with E-state index in [0.29, 0.717) is 38.3 Å². The highest BCUT2D eigenvalue weighted by Gasteiger charge is 2.88. The number of nitrogens with zero attached hydrogens (tertiary/aromatic N) is 1. The lowest BCUT2D eigenvalue weighted by molar-refractivity contribution is -0.301. The molecule has 7 aliphatic rings. The molecule has 15 heteroatoms. The van der Waals surface area contributed by atoms with E-state index in [1.165, 1.54) is 13.8 Å². The quantitative estimate of drug-likeness (QED) is 0.174. The van der Waals surface area contributed by atoms with Gasteiger partial charge in [-0.05, 0) is 83.5 Å². The van der Waals surface area contributed by atoms with E-state index in [2.05, 4.69) is 11.8 Å². The van der Waals surface area contributed by atoms with Crippen molar-refractivity contribution >= 4 is 23.9 Å². The van der Waals surface area contributed by atoms with Gasteiger partial charge in [0, 0.05) is 50.2 Å². The largest absolute Gasteiger partial charge is 0.462 e. The molecule has 15 nitrogen and oxygen atoms in total. The molecule has 0 aromatic heterocycles. The lowest BCUT2D eigenvalue weighted by atomic mass is 9.49. The number of hydrogen-bond donors (Lipinski definition) is 5. The van der Waals surface area contributed by atoms with Crippen LogP contribution in [-0.2, 0) is 42.9 Å². The average molecular weight is 794 g/mol. The Labute approximate surface area is 328 Å². The Balaban J connectivity index is 1.35. The maximum Gasteiger partial charge on any atom is 0.342 e. The van der Waals surface area contributed by atoms with E-state index in [9.17, 15) is 44.7 Å². The highest BCUT2D eigenvalue weighted by Crippen LogP contribution is 2.77. The first-order chi connectivity index (χ1) is 25.9. The van der Waals surface area contributed by atoms with Crippen LogP contribution < -0.4 is 0 Å². The molecular weight excluding hydrogens is 730 g/mol. The molecule has 1 spiro atoms. The fraction of sp³-hybridized carbons (Fsp3) is 0.902. The van der Waals surface area contributed by atoms with E-state index in [4.69, 9.17) is 23.7 Å². The predicted molar refractivity (Wildman–Crippen MR) is 195 cm³/mol. The number of piperidine rings is 2. The minimum Gasteiger partial charge on any atom is -0.462 e. The molecule has 3 saturated heterocycles. The van der Waals surface area contributed by atoms with Gasteiger partial charge in [-0.2, -0.15) is 0 Å². The Morgan fingerprint density at radius 3 is 2.29 bits per heavy atom.